The van der Waals surface area contributed by atoms with Crippen LogP contribution in [0, 0.1) is 0 Å². The summed E-state index contributed by atoms with van der Waals surface area (Å²) in [6.07, 6.45) is 3.67. The lowest BCUT2D eigenvalue weighted by atomic mass is 9.93. The van der Waals surface area contributed by atoms with Gasteiger partial charge in [-0.15, -0.1) is 0 Å². The Kier molecular flexibility index (Phi) is 4.76. The van der Waals surface area contributed by atoms with E-state index in [4.69, 9.17) is 15.5 Å². The smallest absolute Gasteiger partial charge is 0.255 e. The van der Waals surface area contributed by atoms with Crippen LogP contribution in [0.15, 0.2) is 24.3 Å². The summed E-state index contributed by atoms with van der Waals surface area (Å²) >= 11 is 0. The van der Waals surface area contributed by atoms with Crippen LogP contribution in [0.2, 0.25) is 0 Å². The monoisotopic (exact) mass is 264 g/mol. The second-order valence-electron chi connectivity index (χ2n) is 4.78. The van der Waals surface area contributed by atoms with Crippen molar-refractivity contribution >= 4 is 5.91 Å². The zero-order valence-corrected chi connectivity index (χ0v) is 11.1. The Morgan fingerprint density at radius 3 is 2.58 bits per heavy atom. The Labute approximate surface area is 113 Å². The fraction of sp³-hybridized carbons (Fsp3) is 0.500. The van der Waals surface area contributed by atoms with Crippen molar-refractivity contribution in [3.05, 3.63) is 29.8 Å². The zero-order valence-electron chi connectivity index (χ0n) is 11.1. The van der Waals surface area contributed by atoms with Gasteiger partial charge in [-0.25, -0.2) is 5.90 Å². The highest BCUT2D eigenvalue weighted by Gasteiger charge is 2.23. The Hall–Kier alpha value is -1.59. The molecule has 0 heterocycles. The molecule has 0 saturated heterocycles. The Morgan fingerprint density at radius 1 is 1.26 bits per heavy atom. The van der Waals surface area contributed by atoms with Gasteiger partial charge < -0.3 is 14.9 Å². The largest absolute Gasteiger partial charge is 0.496 e. The molecule has 0 spiro atoms. The topological polar surface area (TPSA) is 73.6 Å². The van der Waals surface area contributed by atoms with Crippen molar-refractivity contribution in [2.45, 2.75) is 37.8 Å². The molecule has 0 aliphatic heterocycles. The molecule has 1 saturated carbocycles. The SMILES string of the molecule is COc1ccccc1C(=O)NC1CCC(ON)CC1. The fourth-order valence-corrected chi connectivity index (χ4v) is 2.44. The van der Waals surface area contributed by atoms with Gasteiger partial charge in [0.1, 0.15) is 5.75 Å². The summed E-state index contributed by atoms with van der Waals surface area (Å²) in [5.41, 5.74) is 0.571. The molecule has 5 nitrogen and oxygen atoms in total. The minimum absolute atomic E-state index is 0.0884. The van der Waals surface area contributed by atoms with Gasteiger partial charge in [0, 0.05) is 6.04 Å². The second kappa shape index (κ2) is 6.54. The number of ether oxygens (including phenoxy) is 1. The molecule has 0 unspecified atom stereocenters. The summed E-state index contributed by atoms with van der Waals surface area (Å²) in [7, 11) is 1.57. The molecule has 1 amide bonds. The van der Waals surface area contributed by atoms with E-state index in [-0.39, 0.29) is 18.1 Å². The summed E-state index contributed by atoms with van der Waals surface area (Å²) in [6.45, 7) is 0. The number of rotatable bonds is 4. The molecular formula is C14H20N2O3. The van der Waals surface area contributed by atoms with E-state index < -0.39 is 0 Å². The molecule has 1 aliphatic rings. The number of para-hydroxylation sites is 1. The van der Waals surface area contributed by atoms with Gasteiger partial charge in [0.15, 0.2) is 0 Å². The van der Waals surface area contributed by atoms with E-state index in [2.05, 4.69) is 5.32 Å². The minimum Gasteiger partial charge on any atom is -0.496 e. The lowest BCUT2D eigenvalue weighted by Crippen LogP contribution is -2.39. The van der Waals surface area contributed by atoms with Crippen molar-refractivity contribution in [2.75, 3.05) is 7.11 Å². The number of carbonyl (C=O) groups is 1. The molecule has 1 aliphatic carbocycles. The lowest BCUT2D eigenvalue weighted by molar-refractivity contribution is 0.0216. The van der Waals surface area contributed by atoms with Crippen LogP contribution in [0.3, 0.4) is 0 Å². The maximum atomic E-state index is 12.2. The first-order chi connectivity index (χ1) is 9.24. The molecule has 0 radical (unpaired) electrons. The standard InChI is InChI=1S/C14H20N2O3/c1-18-13-5-3-2-4-12(13)14(17)16-10-6-8-11(19-15)9-7-10/h2-5,10-11H,6-9,15H2,1H3,(H,16,17). The van der Waals surface area contributed by atoms with Crippen LogP contribution in [-0.2, 0) is 4.84 Å². The molecular weight excluding hydrogens is 244 g/mol. The average molecular weight is 264 g/mol. The van der Waals surface area contributed by atoms with Crippen molar-refractivity contribution in [3.8, 4) is 5.75 Å². The number of nitrogens with one attached hydrogen (secondary N) is 1. The van der Waals surface area contributed by atoms with E-state index in [1.807, 2.05) is 12.1 Å². The van der Waals surface area contributed by atoms with E-state index in [9.17, 15) is 4.79 Å². The Bertz CT molecular complexity index is 428. The van der Waals surface area contributed by atoms with Gasteiger partial charge in [-0.3, -0.25) is 4.79 Å². The van der Waals surface area contributed by atoms with Crippen molar-refractivity contribution < 1.29 is 14.4 Å². The third kappa shape index (κ3) is 3.45. The van der Waals surface area contributed by atoms with Gasteiger partial charge in [0.05, 0.1) is 18.8 Å². The number of benzene rings is 1. The number of carbonyl (C=O) groups excluding carboxylic acids is 1. The van der Waals surface area contributed by atoms with Gasteiger partial charge in [-0.1, -0.05) is 12.1 Å². The number of nitrogens with two attached hydrogens (primary N) is 1. The summed E-state index contributed by atoms with van der Waals surface area (Å²) < 4.78 is 5.19. The van der Waals surface area contributed by atoms with Crippen LogP contribution in [0.4, 0.5) is 0 Å². The molecule has 3 N–H and O–H groups in total. The predicted molar refractivity (Wildman–Crippen MR) is 71.8 cm³/mol. The third-order valence-electron chi connectivity index (χ3n) is 3.55. The van der Waals surface area contributed by atoms with E-state index in [1.54, 1.807) is 19.2 Å². The van der Waals surface area contributed by atoms with Crippen LogP contribution in [0.25, 0.3) is 0 Å². The van der Waals surface area contributed by atoms with Gasteiger partial charge in [0.25, 0.3) is 5.91 Å². The second-order valence-corrected chi connectivity index (χ2v) is 4.78. The molecule has 1 aromatic carbocycles. The first kappa shape index (κ1) is 13.8. The molecule has 5 heteroatoms. The molecule has 104 valence electrons. The zero-order chi connectivity index (χ0) is 13.7. The summed E-state index contributed by atoms with van der Waals surface area (Å²) in [5.74, 6) is 5.68. The summed E-state index contributed by atoms with van der Waals surface area (Å²) in [4.78, 5) is 17.0. The summed E-state index contributed by atoms with van der Waals surface area (Å²) in [6, 6.07) is 7.41. The first-order valence-corrected chi connectivity index (χ1v) is 6.54. The van der Waals surface area contributed by atoms with Crippen molar-refractivity contribution in [3.63, 3.8) is 0 Å². The number of hydrogen-bond donors (Lipinski definition) is 2. The summed E-state index contributed by atoms with van der Waals surface area (Å²) in [5, 5.41) is 3.04. The maximum absolute atomic E-state index is 12.2. The molecule has 1 fully saturated rings. The van der Waals surface area contributed by atoms with E-state index in [0.717, 1.165) is 25.7 Å². The molecule has 0 bridgehead atoms. The van der Waals surface area contributed by atoms with Gasteiger partial charge in [-0.2, -0.15) is 0 Å². The van der Waals surface area contributed by atoms with Crippen molar-refractivity contribution in [2.24, 2.45) is 5.90 Å². The third-order valence-corrected chi connectivity index (χ3v) is 3.55. The van der Waals surface area contributed by atoms with Crippen molar-refractivity contribution in [1.29, 1.82) is 0 Å². The van der Waals surface area contributed by atoms with Gasteiger partial charge >= 0.3 is 0 Å². The minimum atomic E-state index is -0.0884. The van der Waals surface area contributed by atoms with Gasteiger partial charge in [0.2, 0.25) is 0 Å². The molecule has 0 aromatic heterocycles. The average Bonchev–Trinajstić information content (AvgIpc) is 2.48. The highest BCUT2D eigenvalue weighted by Crippen LogP contribution is 2.22. The quantitative estimate of drug-likeness (QED) is 0.811. The van der Waals surface area contributed by atoms with E-state index in [1.165, 1.54) is 0 Å². The first-order valence-electron chi connectivity index (χ1n) is 6.54. The highest BCUT2D eigenvalue weighted by atomic mass is 16.6. The normalized spacial score (nSPS) is 22.8. The lowest BCUT2D eigenvalue weighted by Gasteiger charge is -2.27. The van der Waals surface area contributed by atoms with E-state index in [0.29, 0.717) is 11.3 Å². The molecule has 1 aromatic rings. The molecule has 19 heavy (non-hydrogen) atoms. The number of amides is 1. The van der Waals surface area contributed by atoms with Gasteiger partial charge in [-0.05, 0) is 37.8 Å². The highest BCUT2D eigenvalue weighted by molar-refractivity contribution is 5.97. The van der Waals surface area contributed by atoms with Crippen LogP contribution < -0.4 is 16.0 Å². The van der Waals surface area contributed by atoms with Crippen molar-refractivity contribution in [1.82, 2.24) is 5.32 Å². The predicted octanol–water partition coefficient (Wildman–Crippen LogP) is 1.63. The molecule has 2 rings (SSSR count). The van der Waals surface area contributed by atoms with Crippen LogP contribution >= 0.6 is 0 Å². The Balaban J connectivity index is 1.94. The number of hydrogen-bond acceptors (Lipinski definition) is 4. The fourth-order valence-electron chi connectivity index (χ4n) is 2.44. The van der Waals surface area contributed by atoms with Crippen LogP contribution in [0.1, 0.15) is 36.0 Å². The van der Waals surface area contributed by atoms with Crippen LogP contribution in [-0.4, -0.2) is 25.2 Å². The maximum Gasteiger partial charge on any atom is 0.255 e. The number of methoxy groups -OCH3 is 1. The van der Waals surface area contributed by atoms with E-state index >= 15 is 0 Å². The molecule has 0 atom stereocenters. The Morgan fingerprint density at radius 2 is 1.95 bits per heavy atom. The van der Waals surface area contributed by atoms with Crippen LogP contribution in [0.5, 0.6) is 5.75 Å².